The lowest BCUT2D eigenvalue weighted by molar-refractivity contribution is 0.0929. The minimum absolute atomic E-state index is 0.0566. The average Bonchev–Trinajstić information content (AvgIpc) is 2.86. The maximum Gasteiger partial charge on any atom is 0.254 e. The summed E-state index contributed by atoms with van der Waals surface area (Å²) in [5, 5.41) is 3.03. The van der Waals surface area contributed by atoms with Crippen molar-refractivity contribution in [1.29, 1.82) is 0 Å². The van der Waals surface area contributed by atoms with Crippen LogP contribution in [-0.2, 0) is 0 Å². The summed E-state index contributed by atoms with van der Waals surface area (Å²) >= 11 is 5.87. The standard InChI is InChI=1S/C12H16ClNO2/c1-8-5-10(7-16-8)12(15)14-11-4-2-3-9(11)6-13/h5,7,9,11H,2-4,6H2,1H3,(H,14,15). The van der Waals surface area contributed by atoms with E-state index >= 15 is 0 Å². The van der Waals surface area contributed by atoms with E-state index in [0.717, 1.165) is 25.0 Å². The Labute approximate surface area is 100 Å². The van der Waals surface area contributed by atoms with Crippen LogP contribution in [0.5, 0.6) is 0 Å². The van der Waals surface area contributed by atoms with Gasteiger partial charge in [0.15, 0.2) is 0 Å². The van der Waals surface area contributed by atoms with Crippen molar-refractivity contribution in [3.63, 3.8) is 0 Å². The molecule has 3 nitrogen and oxygen atoms in total. The molecule has 1 aliphatic rings. The Morgan fingerprint density at radius 3 is 3.06 bits per heavy atom. The molecule has 2 atom stereocenters. The third-order valence-corrected chi connectivity index (χ3v) is 3.56. The molecule has 2 unspecified atom stereocenters. The molecule has 88 valence electrons. The van der Waals surface area contributed by atoms with Gasteiger partial charge in [0.1, 0.15) is 12.0 Å². The highest BCUT2D eigenvalue weighted by Gasteiger charge is 2.28. The Bertz CT molecular complexity index is 375. The molecular formula is C12H16ClNO2. The minimum atomic E-state index is -0.0566. The average molecular weight is 242 g/mol. The van der Waals surface area contributed by atoms with Crippen LogP contribution in [0.25, 0.3) is 0 Å². The van der Waals surface area contributed by atoms with Crippen LogP contribution in [0.2, 0.25) is 0 Å². The van der Waals surface area contributed by atoms with Crippen molar-refractivity contribution in [2.75, 3.05) is 5.88 Å². The van der Waals surface area contributed by atoms with Gasteiger partial charge in [-0.1, -0.05) is 6.42 Å². The first kappa shape index (κ1) is 11.5. The van der Waals surface area contributed by atoms with Crippen molar-refractivity contribution >= 4 is 17.5 Å². The third kappa shape index (κ3) is 2.40. The van der Waals surface area contributed by atoms with Crippen LogP contribution in [0.1, 0.15) is 35.4 Å². The molecule has 0 bridgehead atoms. The highest BCUT2D eigenvalue weighted by atomic mass is 35.5. The molecule has 1 fully saturated rings. The van der Waals surface area contributed by atoms with Crippen LogP contribution in [0.15, 0.2) is 16.7 Å². The zero-order chi connectivity index (χ0) is 11.5. The number of furan rings is 1. The van der Waals surface area contributed by atoms with Crippen LogP contribution in [0.4, 0.5) is 0 Å². The number of alkyl halides is 1. The zero-order valence-corrected chi connectivity index (χ0v) is 10.1. The SMILES string of the molecule is Cc1cc(C(=O)NC2CCCC2CCl)co1. The van der Waals surface area contributed by atoms with Gasteiger partial charge in [-0.3, -0.25) is 4.79 Å². The highest BCUT2D eigenvalue weighted by Crippen LogP contribution is 2.26. The van der Waals surface area contributed by atoms with Crippen LogP contribution < -0.4 is 5.32 Å². The van der Waals surface area contributed by atoms with Gasteiger partial charge < -0.3 is 9.73 Å². The molecule has 1 saturated carbocycles. The molecule has 16 heavy (non-hydrogen) atoms. The lowest BCUT2D eigenvalue weighted by atomic mass is 10.1. The molecule has 1 aromatic rings. The van der Waals surface area contributed by atoms with E-state index in [9.17, 15) is 4.79 Å². The van der Waals surface area contributed by atoms with Gasteiger partial charge in [-0.2, -0.15) is 0 Å². The van der Waals surface area contributed by atoms with E-state index in [-0.39, 0.29) is 11.9 Å². The topological polar surface area (TPSA) is 42.2 Å². The first-order chi connectivity index (χ1) is 7.70. The lowest BCUT2D eigenvalue weighted by Crippen LogP contribution is -2.37. The molecular weight excluding hydrogens is 226 g/mol. The van der Waals surface area contributed by atoms with Crippen LogP contribution in [0.3, 0.4) is 0 Å². The predicted molar refractivity (Wildman–Crippen MR) is 62.8 cm³/mol. The van der Waals surface area contributed by atoms with E-state index in [1.165, 1.54) is 6.26 Å². The van der Waals surface area contributed by atoms with E-state index in [1.54, 1.807) is 6.07 Å². The van der Waals surface area contributed by atoms with Gasteiger partial charge in [0.2, 0.25) is 0 Å². The Morgan fingerprint density at radius 2 is 2.44 bits per heavy atom. The van der Waals surface area contributed by atoms with Crippen molar-refractivity contribution in [2.24, 2.45) is 5.92 Å². The van der Waals surface area contributed by atoms with Gasteiger partial charge in [-0.15, -0.1) is 11.6 Å². The number of carbonyl (C=O) groups is 1. The van der Waals surface area contributed by atoms with E-state index in [1.807, 2.05) is 6.92 Å². The summed E-state index contributed by atoms with van der Waals surface area (Å²) in [5.41, 5.74) is 0.595. The number of hydrogen-bond acceptors (Lipinski definition) is 2. The van der Waals surface area contributed by atoms with Gasteiger partial charge in [0.05, 0.1) is 5.56 Å². The third-order valence-electron chi connectivity index (χ3n) is 3.17. The second-order valence-electron chi connectivity index (χ2n) is 4.37. The molecule has 0 aliphatic heterocycles. The number of amides is 1. The number of carbonyl (C=O) groups excluding carboxylic acids is 1. The second kappa shape index (κ2) is 4.91. The van der Waals surface area contributed by atoms with E-state index in [0.29, 0.717) is 17.4 Å². The summed E-state index contributed by atoms with van der Waals surface area (Å²) in [6, 6.07) is 1.97. The number of nitrogens with one attached hydrogen (secondary N) is 1. The summed E-state index contributed by atoms with van der Waals surface area (Å²) in [5.74, 6) is 1.73. The Morgan fingerprint density at radius 1 is 1.62 bits per heavy atom. The van der Waals surface area contributed by atoms with Gasteiger partial charge in [0.25, 0.3) is 5.91 Å². The van der Waals surface area contributed by atoms with Gasteiger partial charge >= 0.3 is 0 Å². The molecule has 2 rings (SSSR count). The van der Waals surface area contributed by atoms with Gasteiger partial charge in [-0.05, 0) is 31.7 Å². The minimum Gasteiger partial charge on any atom is -0.469 e. The lowest BCUT2D eigenvalue weighted by Gasteiger charge is -2.18. The first-order valence-corrected chi connectivity index (χ1v) is 6.16. The monoisotopic (exact) mass is 241 g/mol. The first-order valence-electron chi connectivity index (χ1n) is 5.62. The number of hydrogen-bond donors (Lipinski definition) is 1. The Hall–Kier alpha value is -0.960. The fourth-order valence-corrected chi connectivity index (χ4v) is 2.60. The van der Waals surface area contributed by atoms with Crippen molar-refractivity contribution in [3.8, 4) is 0 Å². The summed E-state index contributed by atoms with van der Waals surface area (Å²) in [4.78, 5) is 11.9. The Balaban J connectivity index is 1.97. The van der Waals surface area contributed by atoms with Crippen LogP contribution in [0, 0.1) is 12.8 Å². The predicted octanol–water partition coefficient (Wildman–Crippen LogP) is 2.73. The molecule has 1 aromatic heterocycles. The second-order valence-corrected chi connectivity index (χ2v) is 4.68. The maximum atomic E-state index is 11.9. The van der Waals surface area contributed by atoms with Crippen LogP contribution in [-0.4, -0.2) is 17.8 Å². The maximum absolute atomic E-state index is 11.9. The molecule has 1 heterocycles. The summed E-state index contributed by atoms with van der Waals surface area (Å²) in [7, 11) is 0. The van der Waals surface area contributed by atoms with Crippen LogP contribution >= 0.6 is 11.6 Å². The molecule has 0 aromatic carbocycles. The summed E-state index contributed by atoms with van der Waals surface area (Å²) in [6.45, 7) is 1.83. The van der Waals surface area contributed by atoms with Gasteiger partial charge in [0, 0.05) is 11.9 Å². The summed E-state index contributed by atoms with van der Waals surface area (Å²) < 4.78 is 5.12. The molecule has 1 aliphatic carbocycles. The van der Waals surface area contributed by atoms with Crippen molar-refractivity contribution in [2.45, 2.75) is 32.2 Å². The molecule has 0 saturated heterocycles. The van der Waals surface area contributed by atoms with Crippen molar-refractivity contribution < 1.29 is 9.21 Å². The zero-order valence-electron chi connectivity index (χ0n) is 9.33. The number of aryl methyl sites for hydroxylation is 1. The normalized spacial score (nSPS) is 24.6. The highest BCUT2D eigenvalue weighted by molar-refractivity contribution is 6.18. The van der Waals surface area contributed by atoms with Gasteiger partial charge in [-0.25, -0.2) is 0 Å². The molecule has 0 radical (unpaired) electrons. The van der Waals surface area contributed by atoms with Crippen molar-refractivity contribution in [1.82, 2.24) is 5.32 Å². The number of halogens is 1. The van der Waals surface area contributed by atoms with E-state index in [4.69, 9.17) is 16.0 Å². The Kier molecular flexibility index (Phi) is 3.54. The quantitative estimate of drug-likeness (QED) is 0.827. The largest absolute Gasteiger partial charge is 0.469 e. The molecule has 1 N–H and O–H groups in total. The fourth-order valence-electron chi connectivity index (χ4n) is 2.23. The molecule has 1 amide bonds. The summed E-state index contributed by atoms with van der Waals surface area (Å²) in [6.07, 6.45) is 4.78. The van der Waals surface area contributed by atoms with E-state index < -0.39 is 0 Å². The molecule has 0 spiro atoms. The molecule has 4 heteroatoms. The smallest absolute Gasteiger partial charge is 0.254 e. The van der Waals surface area contributed by atoms with Crippen molar-refractivity contribution in [3.05, 3.63) is 23.7 Å². The number of rotatable bonds is 3. The van der Waals surface area contributed by atoms with E-state index in [2.05, 4.69) is 5.32 Å². The fraction of sp³-hybridized carbons (Fsp3) is 0.583.